The van der Waals surface area contributed by atoms with Crippen LogP contribution in [-0.2, 0) is 4.79 Å². The fourth-order valence-electron chi connectivity index (χ4n) is 2.78. The van der Waals surface area contributed by atoms with Gasteiger partial charge in [-0.2, -0.15) is 0 Å². The molecule has 11 heteroatoms. The van der Waals surface area contributed by atoms with E-state index < -0.39 is 10.8 Å². The number of anilines is 1. The molecule has 11 nitrogen and oxygen atoms in total. The first-order valence-electron chi connectivity index (χ1n) is 9.05. The fraction of sp³-hybridized carbons (Fsp3) is 0.0500. The second kappa shape index (κ2) is 8.37. The second-order valence-corrected chi connectivity index (χ2v) is 6.33. The summed E-state index contributed by atoms with van der Waals surface area (Å²) in [6, 6.07) is 14.9. The summed E-state index contributed by atoms with van der Waals surface area (Å²) in [5, 5.41) is 20.8. The molecule has 4 aromatic rings. The molecule has 0 bridgehead atoms. The van der Waals surface area contributed by atoms with Gasteiger partial charge in [0, 0.05) is 42.3 Å². The summed E-state index contributed by atoms with van der Waals surface area (Å²) in [5.41, 5.74) is 3.93. The largest absolute Gasteiger partial charge is 0.355 e. The first kappa shape index (κ1) is 19.6. The molecule has 0 aliphatic carbocycles. The molecule has 154 valence electrons. The number of carbonyl (C=O) groups is 1. The molecule has 4 rings (SSSR count). The molecule has 0 spiro atoms. The van der Waals surface area contributed by atoms with Crippen molar-refractivity contribution >= 4 is 28.4 Å². The van der Waals surface area contributed by atoms with Crippen molar-refractivity contribution < 1.29 is 14.6 Å². The van der Waals surface area contributed by atoms with Gasteiger partial charge in [0.05, 0.1) is 16.6 Å². The van der Waals surface area contributed by atoms with Crippen molar-refractivity contribution in [3.8, 4) is 17.0 Å². The fourth-order valence-corrected chi connectivity index (χ4v) is 2.78. The highest BCUT2D eigenvalue weighted by molar-refractivity contribution is 5.84. The molecule has 1 N–H and O–H groups in total. The Morgan fingerprint density at radius 3 is 2.68 bits per heavy atom. The minimum atomic E-state index is -0.496. The maximum Gasteiger partial charge on any atom is 0.301 e. The number of benzene rings is 2. The van der Waals surface area contributed by atoms with Crippen molar-refractivity contribution in [3.63, 3.8) is 0 Å². The van der Waals surface area contributed by atoms with Crippen LogP contribution in [0.2, 0.25) is 0 Å². The number of hydrazine groups is 1. The van der Waals surface area contributed by atoms with E-state index >= 15 is 0 Å². The standard InChI is InChI=1S/C20H15N7O4/c1-13(28)25-26(31-19-9-10-21-17-8-3-2-7-16(17)19)20-22-12-18(23-24-20)14-5-4-6-15(11-14)27(29)30/h2-12H,1H3,(H,25,28). The molecule has 0 unspecified atom stereocenters. The number of rotatable bonds is 6. The minimum absolute atomic E-state index is 0.0368. The molecule has 0 atom stereocenters. The molecule has 31 heavy (non-hydrogen) atoms. The van der Waals surface area contributed by atoms with Gasteiger partial charge in [-0.1, -0.05) is 29.4 Å². The molecule has 0 fully saturated rings. The molecule has 0 saturated carbocycles. The van der Waals surface area contributed by atoms with E-state index in [4.69, 9.17) is 4.84 Å². The summed E-state index contributed by atoms with van der Waals surface area (Å²) < 4.78 is 0. The molecule has 1 amide bonds. The summed E-state index contributed by atoms with van der Waals surface area (Å²) in [6.07, 6.45) is 2.96. The Bertz CT molecular complexity index is 1260. The van der Waals surface area contributed by atoms with E-state index in [9.17, 15) is 14.9 Å². The summed E-state index contributed by atoms with van der Waals surface area (Å²) in [7, 11) is 0. The highest BCUT2D eigenvalue weighted by atomic mass is 16.7. The highest BCUT2D eigenvalue weighted by Gasteiger charge is 2.17. The molecule has 2 heterocycles. The number of nitro benzene ring substituents is 1. The predicted octanol–water partition coefficient (Wildman–Crippen LogP) is 2.85. The maximum atomic E-state index is 11.7. The number of non-ortho nitro benzene ring substituents is 1. The molecule has 0 aliphatic rings. The number of nitrogens with zero attached hydrogens (tertiary/aromatic N) is 6. The Hall–Kier alpha value is -4.67. The van der Waals surface area contributed by atoms with Crippen molar-refractivity contribution in [2.24, 2.45) is 0 Å². The van der Waals surface area contributed by atoms with Gasteiger partial charge in [0.25, 0.3) is 5.69 Å². The van der Waals surface area contributed by atoms with Crippen molar-refractivity contribution in [3.05, 3.63) is 77.1 Å². The van der Waals surface area contributed by atoms with Gasteiger partial charge in [-0.05, 0) is 12.1 Å². The minimum Gasteiger partial charge on any atom is -0.355 e. The number of nitrogens with one attached hydrogen (secondary N) is 1. The molecule has 0 saturated heterocycles. The number of hydrogen-bond acceptors (Lipinski definition) is 9. The van der Waals surface area contributed by atoms with Crippen LogP contribution in [0.4, 0.5) is 11.6 Å². The summed E-state index contributed by atoms with van der Waals surface area (Å²) in [6.45, 7) is 1.31. The lowest BCUT2D eigenvalue weighted by Gasteiger charge is -2.21. The van der Waals surface area contributed by atoms with E-state index in [1.165, 1.54) is 25.3 Å². The number of para-hydroxylation sites is 1. The number of pyridine rings is 1. The zero-order valence-electron chi connectivity index (χ0n) is 16.2. The number of amides is 1. The van der Waals surface area contributed by atoms with Gasteiger partial charge >= 0.3 is 5.95 Å². The molecule has 0 aliphatic heterocycles. The number of fused-ring (bicyclic) bond motifs is 1. The molecular formula is C20H15N7O4. The monoisotopic (exact) mass is 417 g/mol. The first-order chi connectivity index (χ1) is 15.0. The average Bonchev–Trinajstić information content (AvgIpc) is 2.79. The van der Waals surface area contributed by atoms with E-state index in [0.717, 1.165) is 10.6 Å². The average molecular weight is 417 g/mol. The molecule has 0 radical (unpaired) electrons. The van der Waals surface area contributed by atoms with Crippen LogP contribution >= 0.6 is 0 Å². The molecule has 2 aromatic heterocycles. The lowest BCUT2D eigenvalue weighted by Crippen LogP contribution is -2.45. The van der Waals surface area contributed by atoms with Gasteiger partial charge in [-0.25, -0.2) is 10.4 Å². The van der Waals surface area contributed by atoms with Crippen LogP contribution in [0.15, 0.2) is 67.0 Å². The SMILES string of the molecule is CC(=O)NN(Oc1ccnc2ccccc12)c1ncc(-c2cccc([N+](=O)[O-])c2)nn1. The smallest absolute Gasteiger partial charge is 0.301 e. The predicted molar refractivity (Wildman–Crippen MR) is 111 cm³/mol. The summed E-state index contributed by atoms with van der Waals surface area (Å²) >= 11 is 0. The Morgan fingerprint density at radius 1 is 1.10 bits per heavy atom. The zero-order chi connectivity index (χ0) is 21.8. The van der Waals surface area contributed by atoms with E-state index in [0.29, 0.717) is 22.5 Å². The number of aromatic nitrogens is 4. The van der Waals surface area contributed by atoms with Crippen LogP contribution in [0.1, 0.15) is 6.92 Å². The third kappa shape index (κ3) is 4.34. The topological polar surface area (TPSA) is 136 Å². The van der Waals surface area contributed by atoms with Gasteiger partial charge in [-0.15, -0.1) is 10.2 Å². The zero-order valence-corrected chi connectivity index (χ0v) is 16.2. The Balaban J connectivity index is 1.65. The van der Waals surface area contributed by atoms with Crippen LogP contribution in [0.5, 0.6) is 5.75 Å². The van der Waals surface area contributed by atoms with E-state index in [2.05, 4.69) is 25.6 Å². The lowest BCUT2D eigenvalue weighted by atomic mass is 10.1. The van der Waals surface area contributed by atoms with E-state index in [-0.39, 0.29) is 11.6 Å². The third-order valence-electron chi connectivity index (χ3n) is 4.14. The number of carbonyl (C=O) groups excluding carboxylic acids is 1. The van der Waals surface area contributed by atoms with Crippen LogP contribution in [0.3, 0.4) is 0 Å². The second-order valence-electron chi connectivity index (χ2n) is 6.33. The normalized spacial score (nSPS) is 10.5. The highest BCUT2D eigenvalue weighted by Crippen LogP contribution is 2.25. The van der Waals surface area contributed by atoms with Crippen LogP contribution in [0, 0.1) is 10.1 Å². The Kier molecular flexibility index (Phi) is 5.30. The van der Waals surface area contributed by atoms with Crippen LogP contribution in [0.25, 0.3) is 22.2 Å². The Labute approximate surface area is 175 Å². The maximum absolute atomic E-state index is 11.7. The quantitative estimate of drug-likeness (QED) is 0.371. The summed E-state index contributed by atoms with van der Waals surface area (Å²) in [5.74, 6) is -0.0271. The molecule has 2 aromatic carbocycles. The van der Waals surface area contributed by atoms with Gasteiger partial charge in [0.2, 0.25) is 5.91 Å². The van der Waals surface area contributed by atoms with Gasteiger partial charge < -0.3 is 4.84 Å². The van der Waals surface area contributed by atoms with Crippen molar-refractivity contribution in [2.45, 2.75) is 6.92 Å². The lowest BCUT2D eigenvalue weighted by molar-refractivity contribution is -0.384. The Morgan fingerprint density at radius 2 is 1.94 bits per heavy atom. The first-order valence-corrected chi connectivity index (χ1v) is 9.05. The van der Waals surface area contributed by atoms with Gasteiger partial charge in [0.1, 0.15) is 5.69 Å². The van der Waals surface area contributed by atoms with Crippen LogP contribution < -0.4 is 15.4 Å². The number of nitro groups is 1. The van der Waals surface area contributed by atoms with Crippen LogP contribution in [-0.4, -0.2) is 31.0 Å². The van der Waals surface area contributed by atoms with Crippen molar-refractivity contribution in [2.75, 3.05) is 5.17 Å². The van der Waals surface area contributed by atoms with Crippen molar-refractivity contribution in [1.82, 2.24) is 25.6 Å². The van der Waals surface area contributed by atoms with Gasteiger partial charge in [0.15, 0.2) is 5.75 Å². The van der Waals surface area contributed by atoms with Gasteiger partial charge in [-0.3, -0.25) is 19.9 Å². The molecular weight excluding hydrogens is 402 g/mol. The third-order valence-corrected chi connectivity index (χ3v) is 4.14. The number of hydrogen-bond donors (Lipinski definition) is 1. The summed E-state index contributed by atoms with van der Waals surface area (Å²) in [4.78, 5) is 36.5. The van der Waals surface area contributed by atoms with E-state index in [1.807, 2.05) is 24.3 Å². The van der Waals surface area contributed by atoms with E-state index in [1.54, 1.807) is 24.4 Å². The van der Waals surface area contributed by atoms with Crippen molar-refractivity contribution in [1.29, 1.82) is 0 Å².